The molecular weight excluding hydrogens is 250 g/mol. The van der Waals surface area contributed by atoms with Crippen molar-refractivity contribution in [2.24, 2.45) is 11.7 Å². The van der Waals surface area contributed by atoms with E-state index in [1.165, 1.54) is 12.1 Å². The molecule has 0 aliphatic carbocycles. The molecule has 0 aromatic heterocycles. The Morgan fingerprint density at radius 1 is 1.21 bits per heavy atom. The lowest BCUT2D eigenvalue weighted by atomic mass is 9.98. The fourth-order valence-corrected chi connectivity index (χ4v) is 2.48. The van der Waals surface area contributed by atoms with Crippen LogP contribution in [0.4, 0.5) is 8.78 Å². The summed E-state index contributed by atoms with van der Waals surface area (Å²) in [4.78, 5) is 14.0. The van der Waals surface area contributed by atoms with Gasteiger partial charge in [0.2, 0.25) is 5.91 Å². The average molecular weight is 268 g/mol. The number of nitrogens with zero attached hydrogens (tertiary/aromatic N) is 1. The Morgan fingerprint density at radius 2 is 1.79 bits per heavy atom. The fraction of sp³-hybridized carbons (Fsp3) is 0.500. The van der Waals surface area contributed by atoms with Crippen molar-refractivity contribution in [1.29, 1.82) is 0 Å². The lowest BCUT2D eigenvalue weighted by Gasteiger charge is -2.22. The lowest BCUT2D eigenvalue weighted by Crippen LogP contribution is -2.38. The molecule has 1 heterocycles. The first-order valence-corrected chi connectivity index (χ1v) is 6.54. The number of benzene rings is 1. The maximum Gasteiger partial charge on any atom is 0.227 e. The number of nitrogens with two attached hydrogens (primary N) is 1. The first-order chi connectivity index (χ1) is 9.10. The van der Waals surface area contributed by atoms with E-state index in [-0.39, 0.29) is 18.9 Å². The molecule has 1 atom stereocenters. The van der Waals surface area contributed by atoms with Crippen LogP contribution in [0.3, 0.4) is 0 Å². The van der Waals surface area contributed by atoms with E-state index < -0.39 is 17.6 Å². The number of likely N-dealkylation sites (tertiary alicyclic amines) is 1. The highest BCUT2D eigenvalue weighted by Crippen LogP contribution is 2.17. The number of halogens is 2. The summed E-state index contributed by atoms with van der Waals surface area (Å²) in [5.41, 5.74) is 6.10. The number of hydrogen-bond donors (Lipinski definition) is 1. The summed E-state index contributed by atoms with van der Waals surface area (Å²) in [6.45, 7) is 1.70. The van der Waals surface area contributed by atoms with Gasteiger partial charge in [0.05, 0.1) is 5.92 Å². The highest BCUT2D eigenvalue weighted by atomic mass is 19.1. The molecule has 0 radical (unpaired) electrons. The minimum Gasteiger partial charge on any atom is -0.342 e. The molecule has 0 spiro atoms. The van der Waals surface area contributed by atoms with E-state index in [9.17, 15) is 13.6 Å². The van der Waals surface area contributed by atoms with Crippen LogP contribution in [0.25, 0.3) is 0 Å². The summed E-state index contributed by atoms with van der Waals surface area (Å²) in [7, 11) is 0. The van der Waals surface area contributed by atoms with Gasteiger partial charge in [0.15, 0.2) is 0 Å². The van der Waals surface area contributed by atoms with E-state index >= 15 is 0 Å². The highest BCUT2D eigenvalue weighted by molar-refractivity contribution is 5.79. The Kier molecular flexibility index (Phi) is 4.47. The van der Waals surface area contributed by atoms with Crippen molar-refractivity contribution in [3.05, 3.63) is 35.4 Å². The Hall–Kier alpha value is -1.49. The SMILES string of the molecule is NCC(Cc1cc(F)cc(F)c1)C(=O)N1CCCC1. The van der Waals surface area contributed by atoms with Gasteiger partial charge in [0, 0.05) is 25.7 Å². The lowest BCUT2D eigenvalue weighted by molar-refractivity contribution is -0.134. The van der Waals surface area contributed by atoms with E-state index in [0.29, 0.717) is 5.56 Å². The van der Waals surface area contributed by atoms with Gasteiger partial charge in [-0.25, -0.2) is 8.78 Å². The monoisotopic (exact) mass is 268 g/mol. The van der Waals surface area contributed by atoms with Crippen molar-refractivity contribution in [3.63, 3.8) is 0 Å². The van der Waals surface area contributed by atoms with E-state index in [1.807, 2.05) is 0 Å². The fourth-order valence-electron chi connectivity index (χ4n) is 2.48. The van der Waals surface area contributed by atoms with Crippen molar-refractivity contribution in [2.45, 2.75) is 19.3 Å². The second-order valence-corrected chi connectivity index (χ2v) is 4.95. The van der Waals surface area contributed by atoms with Crippen LogP contribution in [0.1, 0.15) is 18.4 Å². The highest BCUT2D eigenvalue weighted by Gasteiger charge is 2.25. The van der Waals surface area contributed by atoms with Crippen molar-refractivity contribution in [1.82, 2.24) is 4.90 Å². The zero-order valence-electron chi connectivity index (χ0n) is 10.7. The van der Waals surface area contributed by atoms with Gasteiger partial charge < -0.3 is 10.6 Å². The normalized spacial score (nSPS) is 16.7. The zero-order chi connectivity index (χ0) is 13.8. The van der Waals surface area contributed by atoms with E-state index in [0.717, 1.165) is 32.0 Å². The molecule has 1 saturated heterocycles. The molecular formula is C14H18F2N2O. The zero-order valence-corrected chi connectivity index (χ0v) is 10.7. The molecule has 2 rings (SSSR count). The summed E-state index contributed by atoms with van der Waals surface area (Å²) < 4.78 is 26.2. The van der Waals surface area contributed by atoms with Crippen LogP contribution in [0.5, 0.6) is 0 Å². The molecule has 2 N–H and O–H groups in total. The minimum absolute atomic E-state index is 0.00957. The number of amides is 1. The summed E-state index contributed by atoms with van der Waals surface area (Å²) in [6.07, 6.45) is 2.30. The van der Waals surface area contributed by atoms with E-state index in [1.54, 1.807) is 4.90 Å². The molecule has 0 saturated carbocycles. The smallest absolute Gasteiger partial charge is 0.227 e. The van der Waals surface area contributed by atoms with Gasteiger partial charge in [0.25, 0.3) is 0 Å². The third kappa shape index (κ3) is 3.50. The molecule has 1 amide bonds. The predicted octanol–water partition coefficient (Wildman–Crippen LogP) is 1.70. The van der Waals surface area contributed by atoms with Crippen molar-refractivity contribution < 1.29 is 13.6 Å². The Balaban J connectivity index is 2.07. The molecule has 5 heteroatoms. The van der Waals surface area contributed by atoms with Gasteiger partial charge in [-0.3, -0.25) is 4.79 Å². The van der Waals surface area contributed by atoms with Gasteiger partial charge >= 0.3 is 0 Å². The van der Waals surface area contributed by atoms with Crippen molar-refractivity contribution in [3.8, 4) is 0 Å². The summed E-state index contributed by atoms with van der Waals surface area (Å²) in [5.74, 6) is -1.66. The topological polar surface area (TPSA) is 46.3 Å². The maximum absolute atomic E-state index is 13.1. The van der Waals surface area contributed by atoms with Crippen LogP contribution in [-0.2, 0) is 11.2 Å². The van der Waals surface area contributed by atoms with Crippen LogP contribution in [0.15, 0.2) is 18.2 Å². The van der Waals surface area contributed by atoms with Crippen LogP contribution in [0.2, 0.25) is 0 Å². The number of carbonyl (C=O) groups excluding carboxylic acids is 1. The predicted molar refractivity (Wildman–Crippen MR) is 68.4 cm³/mol. The number of hydrogen-bond acceptors (Lipinski definition) is 2. The van der Waals surface area contributed by atoms with Crippen LogP contribution in [0, 0.1) is 17.6 Å². The third-order valence-electron chi connectivity index (χ3n) is 3.46. The number of rotatable bonds is 4. The van der Waals surface area contributed by atoms with Gasteiger partial charge in [-0.2, -0.15) is 0 Å². The first-order valence-electron chi connectivity index (χ1n) is 6.54. The molecule has 1 aromatic carbocycles. The van der Waals surface area contributed by atoms with Crippen molar-refractivity contribution in [2.75, 3.05) is 19.6 Å². The average Bonchev–Trinajstić information content (AvgIpc) is 2.87. The van der Waals surface area contributed by atoms with Crippen molar-refractivity contribution >= 4 is 5.91 Å². The molecule has 0 bridgehead atoms. The van der Waals surface area contributed by atoms with Gasteiger partial charge in [-0.1, -0.05) is 0 Å². The minimum atomic E-state index is -0.626. The third-order valence-corrected chi connectivity index (χ3v) is 3.46. The standard InChI is InChI=1S/C14H18F2N2O/c15-12-6-10(7-13(16)8-12)5-11(9-17)14(19)18-3-1-2-4-18/h6-8,11H,1-5,9,17H2. The first kappa shape index (κ1) is 13.9. The molecule has 1 aromatic rings. The van der Waals surface area contributed by atoms with E-state index in [2.05, 4.69) is 0 Å². The molecule has 104 valence electrons. The number of carbonyl (C=O) groups is 1. The second-order valence-electron chi connectivity index (χ2n) is 4.95. The Morgan fingerprint density at radius 3 is 2.32 bits per heavy atom. The summed E-state index contributed by atoms with van der Waals surface area (Å²) >= 11 is 0. The quantitative estimate of drug-likeness (QED) is 0.903. The van der Waals surface area contributed by atoms with Crippen LogP contribution in [-0.4, -0.2) is 30.4 Å². The van der Waals surface area contributed by atoms with Gasteiger partial charge in [-0.05, 0) is 37.0 Å². The molecule has 1 aliphatic heterocycles. The molecule has 3 nitrogen and oxygen atoms in total. The largest absolute Gasteiger partial charge is 0.342 e. The molecule has 19 heavy (non-hydrogen) atoms. The van der Waals surface area contributed by atoms with E-state index in [4.69, 9.17) is 5.73 Å². The molecule has 1 fully saturated rings. The van der Waals surface area contributed by atoms with Gasteiger partial charge in [-0.15, -0.1) is 0 Å². The second kappa shape index (κ2) is 6.10. The molecule has 1 aliphatic rings. The van der Waals surface area contributed by atoms with Crippen LogP contribution >= 0.6 is 0 Å². The maximum atomic E-state index is 13.1. The summed E-state index contributed by atoms with van der Waals surface area (Å²) in [6, 6.07) is 3.33. The Labute approximate surface area is 111 Å². The van der Waals surface area contributed by atoms with Crippen LogP contribution < -0.4 is 5.73 Å². The Bertz CT molecular complexity index is 439. The van der Waals surface area contributed by atoms with Gasteiger partial charge in [0.1, 0.15) is 11.6 Å². The molecule has 1 unspecified atom stereocenters. The summed E-state index contributed by atoms with van der Waals surface area (Å²) in [5, 5.41) is 0.